The molecular weight excluding hydrogens is 277 g/mol. The molecule has 104 valence electrons. The van der Waals surface area contributed by atoms with Gasteiger partial charge in [-0.15, -0.1) is 13.2 Å². The van der Waals surface area contributed by atoms with Crippen molar-refractivity contribution in [1.29, 1.82) is 0 Å². The maximum atomic E-state index is 12.0. The van der Waals surface area contributed by atoms with Crippen molar-refractivity contribution >= 4 is 23.0 Å². The Labute approximate surface area is 113 Å². The van der Waals surface area contributed by atoms with E-state index in [1.165, 1.54) is 36.9 Å². The monoisotopic (exact) mass is 290 g/mol. The normalized spacial score (nSPS) is 11.8. The third kappa shape index (κ3) is 7.56. The minimum absolute atomic E-state index is 0.0500. The highest BCUT2D eigenvalue weighted by atomic mass is 32.2. The van der Waals surface area contributed by atoms with Crippen LogP contribution in [0.3, 0.4) is 0 Å². The summed E-state index contributed by atoms with van der Waals surface area (Å²) in [6.07, 6.45) is -0.498. The molecule has 0 N–H and O–H groups in total. The van der Waals surface area contributed by atoms with Gasteiger partial charge in [0.25, 0.3) is 0 Å². The van der Waals surface area contributed by atoms with E-state index in [9.17, 15) is 18.0 Å². The summed E-state index contributed by atoms with van der Waals surface area (Å²) in [6.45, 7) is 1.49. The number of thioether (sulfide) groups is 1. The predicted molar refractivity (Wildman–Crippen MR) is 69.9 cm³/mol. The van der Waals surface area contributed by atoms with Crippen LogP contribution in [0.25, 0.3) is 6.08 Å². The van der Waals surface area contributed by atoms with Gasteiger partial charge in [-0.1, -0.05) is 36.0 Å². The van der Waals surface area contributed by atoms with Crippen LogP contribution >= 0.6 is 11.8 Å². The molecular formula is C13H13F3O2S. The van der Waals surface area contributed by atoms with E-state index in [1.807, 2.05) is 6.08 Å². The summed E-state index contributed by atoms with van der Waals surface area (Å²) in [5.74, 6) is 0.415. The Kier molecular flexibility index (Phi) is 5.95. The Morgan fingerprint density at radius 1 is 1.42 bits per heavy atom. The first kappa shape index (κ1) is 15.6. The first-order valence-corrected chi connectivity index (χ1v) is 6.51. The molecule has 2 nitrogen and oxygen atoms in total. The number of carbonyl (C=O) groups excluding carboxylic acids is 1. The van der Waals surface area contributed by atoms with E-state index in [4.69, 9.17) is 0 Å². The third-order valence-electron chi connectivity index (χ3n) is 1.99. The fraction of sp³-hybridized carbons (Fsp3) is 0.308. The standard InChI is InChI=1S/C13H13F3O2S/c1-10(17)19-8-3-2-5-11-6-4-7-12(9-11)18-13(14,15)16/h2,4-7,9H,3,8H2,1H3. The summed E-state index contributed by atoms with van der Waals surface area (Å²) >= 11 is 1.21. The molecule has 0 aliphatic heterocycles. The highest BCUT2D eigenvalue weighted by Gasteiger charge is 2.30. The highest BCUT2D eigenvalue weighted by Crippen LogP contribution is 2.23. The maximum absolute atomic E-state index is 12.0. The molecule has 0 saturated heterocycles. The SMILES string of the molecule is CC(=O)SCCC=Cc1cccc(OC(F)(F)F)c1. The Hall–Kier alpha value is -1.43. The van der Waals surface area contributed by atoms with E-state index in [0.29, 0.717) is 17.7 Å². The molecule has 0 spiro atoms. The fourth-order valence-corrected chi connectivity index (χ4v) is 1.85. The van der Waals surface area contributed by atoms with Crippen molar-refractivity contribution in [3.63, 3.8) is 0 Å². The number of halogens is 3. The summed E-state index contributed by atoms with van der Waals surface area (Å²) in [7, 11) is 0. The largest absolute Gasteiger partial charge is 0.573 e. The van der Waals surface area contributed by atoms with Crippen LogP contribution < -0.4 is 4.74 Å². The van der Waals surface area contributed by atoms with Crippen LogP contribution in [-0.4, -0.2) is 17.2 Å². The van der Waals surface area contributed by atoms with Crippen LogP contribution in [0.4, 0.5) is 13.2 Å². The lowest BCUT2D eigenvalue weighted by molar-refractivity contribution is -0.274. The van der Waals surface area contributed by atoms with Crippen molar-refractivity contribution in [3.05, 3.63) is 35.9 Å². The minimum atomic E-state index is -4.68. The molecule has 0 atom stereocenters. The number of allylic oxidation sites excluding steroid dienone is 1. The van der Waals surface area contributed by atoms with Gasteiger partial charge in [-0.05, 0) is 24.1 Å². The lowest BCUT2D eigenvalue weighted by atomic mass is 10.2. The summed E-state index contributed by atoms with van der Waals surface area (Å²) in [4.78, 5) is 10.7. The number of benzene rings is 1. The average Bonchev–Trinajstić information content (AvgIpc) is 2.26. The minimum Gasteiger partial charge on any atom is -0.406 e. The quantitative estimate of drug-likeness (QED) is 0.758. The number of alkyl halides is 3. The highest BCUT2D eigenvalue weighted by molar-refractivity contribution is 8.13. The van der Waals surface area contributed by atoms with Gasteiger partial charge in [0.05, 0.1) is 0 Å². The van der Waals surface area contributed by atoms with E-state index >= 15 is 0 Å². The molecule has 0 aromatic heterocycles. The maximum Gasteiger partial charge on any atom is 0.573 e. The number of hydrogen-bond acceptors (Lipinski definition) is 3. The Morgan fingerprint density at radius 3 is 2.79 bits per heavy atom. The van der Waals surface area contributed by atoms with Gasteiger partial charge in [0.2, 0.25) is 0 Å². The van der Waals surface area contributed by atoms with Gasteiger partial charge in [0, 0.05) is 12.7 Å². The third-order valence-corrected chi connectivity index (χ3v) is 2.84. The van der Waals surface area contributed by atoms with Crippen molar-refractivity contribution in [2.45, 2.75) is 19.7 Å². The molecule has 6 heteroatoms. The molecule has 0 saturated carbocycles. The van der Waals surface area contributed by atoms with Crippen molar-refractivity contribution in [2.24, 2.45) is 0 Å². The Balaban J connectivity index is 2.52. The van der Waals surface area contributed by atoms with Gasteiger partial charge in [-0.3, -0.25) is 4.79 Å². The first-order valence-electron chi connectivity index (χ1n) is 5.52. The van der Waals surface area contributed by atoms with E-state index in [-0.39, 0.29) is 10.9 Å². The molecule has 1 rings (SSSR count). The zero-order chi connectivity index (χ0) is 14.3. The molecule has 1 aromatic rings. The number of ether oxygens (including phenoxy) is 1. The van der Waals surface area contributed by atoms with Gasteiger partial charge >= 0.3 is 6.36 Å². The Morgan fingerprint density at radius 2 is 2.16 bits per heavy atom. The number of rotatable bonds is 5. The topological polar surface area (TPSA) is 26.3 Å². The van der Waals surface area contributed by atoms with Gasteiger partial charge in [-0.25, -0.2) is 0 Å². The molecule has 0 aliphatic carbocycles. The van der Waals surface area contributed by atoms with Crippen molar-refractivity contribution < 1.29 is 22.7 Å². The van der Waals surface area contributed by atoms with Crippen LogP contribution in [0, 0.1) is 0 Å². The van der Waals surface area contributed by atoms with E-state index in [1.54, 1.807) is 12.1 Å². The van der Waals surface area contributed by atoms with Crippen LogP contribution in [0.1, 0.15) is 18.9 Å². The lowest BCUT2D eigenvalue weighted by Gasteiger charge is -2.08. The van der Waals surface area contributed by atoms with Crippen LogP contribution in [0.15, 0.2) is 30.3 Å². The zero-order valence-electron chi connectivity index (χ0n) is 10.2. The molecule has 19 heavy (non-hydrogen) atoms. The van der Waals surface area contributed by atoms with E-state index in [2.05, 4.69) is 4.74 Å². The van der Waals surface area contributed by atoms with Gasteiger partial charge in [-0.2, -0.15) is 0 Å². The zero-order valence-corrected chi connectivity index (χ0v) is 11.1. The molecule has 0 amide bonds. The predicted octanol–water partition coefficient (Wildman–Crippen LogP) is 4.27. The average molecular weight is 290 g/mol. The second-order valence-electron chi connectivity index (χ2n) is 3.65. The molecule has 1 aromatic carbocycles. The van der Waals surface area contributed by atoms with Crippen LogP contribution in [0.5, 0.6) is 5.75 Å². The summed E-state index contributed by atoms with van der Waals surface area (Å²) in [6, 6.07) is 5.72. The number of hydrogen-bond donors (Lipinski definition) is 0. The Bertz CT molecular complexity index is 455. The lowest BCUT2D eigenvalue weighted by Crippen LogP contribution is -2.17. The molecule has 0 bridgehead atoms. The van der Waals surface area contributed by atoms with Gasteiger partial charge in [0.15, 0.2) is 5.12 Å². The first-order chi connectivity index (χ1) is 8.87. The van der Waals surface area contributed by atoms with Crippen molar-refractivity contribution in [2.75, 3.05) is 5.75 Å². The van der Waals surface area contributed by atoms with Gasteiger partial charge < -0.3 is 4.74 Å². The molecule has 0 radical (unpaired) electrons. The van der Waals surface area contributed by atoms with Crippen LogP contribution in [-0.2, 0) is 4.79 Å². The van der Waals surface area contributed by atoms with E-state index < -0.39 is 6.36 Å². The molecule has 0 heterocycles. The van der Waals surface area contributed by atoms with Gasteiger partial charge in [0.1, 0.15) is 5.75 Å². The molecule has 0 aliphatic rings. The van der Waals surface area contributed by atoms with Crippen molar-refractivity contribution in [1.82, 2.24) is 0 Å². The fourth-order valence-electron chi connectivity index (χ4n) is 1.31. The summed E-state index contributed by atoms with van der Waals surface area (Å²) < 4.78 is 39.9. The van der Waals surface area contributed by atoms with Crippen molar-refractivity contribution in [3.8, 4) is 5.75 Å². The molecule has 0 fully saturated rings. The summed E-state index contributed by atoms with van der Waals surface area (Å²) in [5.41, 5.74) is 0.620. The van der Waals surface area contributed by atoms with Crippen LogP contribution in [0.2, 0.25) is 0 Å². The number of carbonyl (C=O) groups is 1. The second-order valence-corrected chi connectivity index (χ2v) is 4.92. The second kappa shape index (κ2) is 7.23. The smallest absolute Gasteiger partial charge is 0.406 e. The summed E-state index contributed by atoms with van der Waals surface area (Å²) in [5, 5.41) is 0.0500. The van der Waals surface area contributed by atoms with E-state index in [0.717, 1.165) is 0 Å². The molecule has 0 unspecified atom stereocenters.